The lowest BCUT2D eigenvalue weighted by Crippen LogP contribution is -2.50. The maximum Gasteiger partial charge on any atom is 0.254 e. The first-order valence-corrected chi connectivity index (χ1v) is 8.09. The van der Waals surface area contributed by atoms with E-state index in [-0.39, 0.29) is 0 Å². The van der Waals surface area contributed by atoms with Crippen molar-refractivity contribution in [1.82, 2.24) is 39.4 Å². The van der Waals surface area contributed by atoms with E-state index < -0.39 is 0 Å². The summed E-state index contributed by atoms with van der Waals surface area (Å²) in [6.45, 7) is 4.73. The van der Waals surface area contributed by atoms with E-state index in [0.29, 0.717) is 11.7 Å². The Hall–Kier alpha value is -3.30. The van der Waals surface area contributed by atoms with E-state index in [2.05, 4.69) is 40.6 Å². The molecule has 5 heterocycles. The summed E-state index contributed by atoms with van der Waals surface area (Å²) in [5.74, 6) is 3.03. The topological polar surface area (TPSA) is 101 Å². The van der Waals surface area contributed by atoms with Gasteiger partial charge in [0, 0.05) is 37.3 Å². The van der Waals surface area contributed by atoms with Crippen molar-refractivity contribution in [2.24, 2.45) is 5.92 Å². The second kappa shape index (κ2) is 5.36. The van der Waals surface area contributed by atoms with Crippen molar-refractivity contribution >= 4 is 23.1 Å². The summed E-state index contributed by atoms with van der Waals surface area (Å²) in [4.78, 5) is 10.7. The van der Waals surface area contributed by atoms with Crippen molar-refractivity contribution in [2.45, 2.75) is 6.92 Å². The summed E-state index contributed by atoms with van der Waals surface area (Å²) in [6.07, 6.45) is 3.14. The number of rotatable bonds is 4. The normalized spacial score (nSPS) is 15.0. The summed E-state index contributed by atoms with van der Waals surface area (Å²) in [5.41, 5.74) is 1.68. The van der Waals surface area contributed by atoms with Crippen LogP contribution < -0.4 is 10.2 Å². The number of aromatic nitrogens is 8. The predicted octanol–water partition coefficient (Wildman–Crippen LogP) is 0.419. The number of fused-ring (bicyclic) bond motifs is 2. The van der Waals surface area contributed by atoms with E-state index in [1.165, 1.54) is 6.33 Å². The van der Waals surface area contributed by atoms with Gasteiger partial charge in [-0.3, -0.25) is 0 Å². The van der Waals surface area contributed by atoms with E-state index in [4.69, 9.17) is 0 Å². The number of anilines is 2. The molecule has 1 aliphatic rings. The molecule has 0 unspecified atom stereocenters. The highest BCUT2D eigenvalue weighted by Gasteiger charge is 2.28. The van der Waals surface area contributed by atoms with Gasteiger partial charge < -0.3 is 10.2 Å². The van der Waals surface area contributed by atoms with Crippen molar-refractivity contribution in [3.05, 3.63) is 36.5 Å². The minimum Gasteiger partial charge on any atom is -0.369 e. The highest BCUT2D eigenvalue weighted by atomic mass is 15.4. The monoisotopic (exact) mass is 336 g/mol. The standard InChI is InChI=1S/C15H16N10/c1-10-4-14(25-15(20-10)17-8-19-25)16-5-11-6-23(7-11)13-3-2-12-21-18-9-24(12)22-13/h2-4,8-9,11,16H,5-7H2,1H3. The SMILES string of the molecule is Cc1cc(NCC2CN(c3ccc4nncn4n3)C2)n2ncnc2n1. The molecule has 1 N–H and O–H groups in total. The van der Waals surface area contributed by atoms with E-state index in [1.807, 2.05) is 25.1 Å². The third-order valence-electron chi connectivity index (χ3n) is 4.38. The zero-order chi connectivity index (χ0) is 16.8. The van der Waals surface area contributed by atoms with E-state index in [0.717, 1.165) is 42.6 Å². The Balaban J connectivity index is 1.24. The lowest BCUT2D eigenvalue weighted by molar-refractivity contribution is 0.424. The molecule has 0 spiro atoms. The van der Waals surface area contributed by atoms with Crippen molar-refractivity contribution in [2.75, 3.05) is 29.9 Å². The summed E-state index contributed by atoms with van der Waals surface area (Å²) in [6, 6.07) is 5.90. The molecule has 25 heavy (non-hydrogen) atoms. The molecule has 4 aromatic rings. The first kappa shape index (κ1) is 14.1. The fourth-order valence-electron chi connectivity index (χ4n) is 3.08. The van der Waals surface area contributed by atoms with E-state index in [1.54, 1.807) is 15.4 Å². The Morgan fingerprint density at radius 2 is 2.20 bits per heavy atom. The molecular weight excluding hydrogens is 320 g/mol. The van der Waals surface area contributed by atoms with Crippen LogP contribution in [0.2, 0.25) is 0 Å². The Labute approximate surface area is 142 Å². The molecule has 0 atom stereocenters. The lowest BCUT2D eigenvalue weighted by Gasteiger charge is -2.40. The maximum absolute atomic E-state index is 4.52. The van der Waals surface area contributed by atoms with Gasteiger partial charge in [-0.2, -0.15) is 19.1 Å². The van der Waals surface area contributed by atoms with Crippen LogP contribution in [0.3, 0.4) is 0 Å². The zero-order valence-electron chi connectivity index (χ0n) is 13.6. The molecule has 0 saturated carbocycles. The smallest absolute Gasteiger partial charge is 0.254 e. The van der Waals surface area contributed by atoms with E-state index >= 15 is 0 Å². The van der Waals surface area contributed by atoms with Crippen molar-refractivity contribution in [3.63, 3.8) is 0 Å². The molecule has 0 aliphatic carbocycles. The van der Waals surface area contributed by atoms with Crippen LogP contribution in [-0.2, 0) is 0 Å². The number of hydrogen-bond acceptors (Lipinski definition) is 8. The quantitative estimate of drug-likeness (QED) is 0.572. The number of hydrogen-bond donors (Lipinski definition) is 1. The summed E-state index contributed by atoms with van der Waals surface area (Å²) in [7, 11) is 0. The van der Waals surface area contributed by atoms with Crippen LogP contribution in [-0.4, -0.2) is 59.0 Å². The van der Waals surface area contributed by atoms with Gasteiger partial charge in [-0.25, -0.2) is 4.98 Å². The number of aryl methyl sites for hydroxylation is 1. The third-order valence-corrected chi connectivity index (χ3v) is 4.38. The van der Waals surface area contributed by atoms with Gasteiger partial charge in [0.1, 0.15) is 24.3 Å². The highest BCUT2D eigenvalue weighted by molar-refractivity contribution is 5.48. The minimum atomic E-state index is 0.547. The van der Waals surface area contributed by atoms with Crippen LogP contribution >= 0.6 is 0 Å². The van der Waals surface area contributed by atoms with Gasteiger partial charge in [0.15, 0.2) is 5.65 Å². The second-order valence-corrected chi connectivity index (χ2v) is 6.23. The van der Waals surface area contributed by atoms with Gasteiger partial charge >= 0.3 is 0 Å². The summed E-state index contributed by atoms with van der Waals surface area (Å²) < 4.78 is 3.42. The first-order valence-electron chi connectivity index (χ1n) is 8.09. The van der Waals surface area contributed by atoms with E-state index in [9.17, 15) is 0 Å². The first-order chi connectivity index (χ1) is 12.3. The van der Waals surface area contributed by atoms with Crippen molar-refractivity contribution in [3.8, 4) is 0 Å². The third kappa shape index (κ3) is 2.42. The van der Waals surface area contributed by atoms with Crippen LogP contribution in [0.15, 0.2) is 30.9 Å². The molecule has 0 bridgehead atoms. The Kier molecular flexibility index (Phi) is 3.02. The fraction of sp³-hybridized carbons (Fsp3) is 0.333. The van der Waals surface area contributed by atoms with Gasteiger partial charge in [0.2, 0.25) is 0 Å². The molecule has 0 radical (unpaired) electrons. The predicted molar refractivity (Wildman–Crippen MR) is 90.5 cm³/mol. The minimum absolute atomic E-state index is 0.547. The van der Waals surface area contributed by atoms with Crippen LogP contribution in [0.4, 0.5) is 11.6 Å². The molecule has 10 nitrogen and oxygen atoms in total. The summed E-state index contributed by atoms with van der Waals surface area (Å²) >= 11 is 0. The lowest BCUT2D eigenvalue weighted by atomic mass is 10.0. The maximum atomic E-state index is 4.52. The Bertz CT molecular complexity index is 1040. The van der Waals surface area contributed by atoms with Crippen LogP contribution in [0.5, 0.6) is 0 Å². The molecule has 126 valence electrons. The molecule has 10 heteroatoms. The van der Waals surface area contributed by atoms with Crippen LogP contribution in [0.25, 0.3) is 11.4 Å². The molecule has 1 fully saturated rings. The molecular formula is C15H16N10. The van der Waals surface area contributed by atoms with Gasteiger partial charge in [0.05, 0.1) is 0 Å². The Morgan fingerprint density at radius 1 is 1.28 bits per heavy atom. The fourth-order valence-corrected chi connectivity index (χ4v) is 3.08. The van der Waals surface area contributed by atoms with Crippen LogP contribution in [0, 0.1) is 12.8 Å². The molecule has 0 aromatic carbocycles. The molecule has 5 rings (SSSR count). The van der Waals surface area contributed by atoms with Crippen LogP contribution in [0.1, 0.15) is 5.69 Å². The second-order valence-electron chi connectivity index (χ2n) is 6.23. The number of nitrogens with zero attached hydrogens (tertiary/aromatic N) is 9. The molecule has 4 aromatic heterocycles. The van der Waals surface area contributed by atoms with Gasteiger partial charge in [-0.1, -0.05) is 0 Å². The van der Waals surface area contributed by atoms with Gasteiger partial charge in [0.25, 0.3) is 5.78 Å². The van der Waals surface area contributed by atoms with Gasteiger partial charge in [-0.15, -0.1) is 15.3 Å². The zero-order valence-corrected chi connectivity index (χ0v) is 13.6. The molecule has 0 amide bonds. The molecule has 1 saturated heterocycles. The van der Waals surface area contributed by atoms with Crippen molar-refractivity contribution < 1.29 is 0 Å². The molecule has 1 aliphatic heterocycles. The van der Waals surface area contributed by atoms with Crippen molar-refractivity contribution in [1.29, 1.82) is 0 Å². The highest BCUT2D eigenvalue weighted by Crippen LogP contribution is 2.23. The summed E-state index contributed by atoms with van der Waals surface area (Å²) in [5, 5.41) is 20.0. The largest absolute Gasteiger partial charge is 0.369 e. The number of nitrogens with one attached hydrogen (secondary N) is 1. The van der Waals surface area contributed by atoms with Gasteiger partial charge in [-0.05, 0) is 19.1 Å². The average molecular weight is 336 g/mol. The average Bonchev–Trinajstić information content (AvgIpc) is 3.21. The Morgan fingerprint density at radius 3 is 3.12 bits per heavy atom.